The van der Waals surface area contributed by atoms with Crippen molar-refractivity contribution in [1.29, 1.82) is 0 Å². The Hall–Kier alpha value is -3.35. The van der Waals surface area contributed by atoms with Gasteiger partial charge in [-0.25, -0.2) is 4.68 Å². The van der Waals surface area contributed by atoms with Crippen molar-refractivity contribution in [3.05, 3.63) is 64.1 Å². The predicted molar refractivity (Wildman–Crippen MR) is 126 cm³/mol. The number of benzene rings is 2. The average Bonchev–Trinajstić information content (AvgIpc) is 2.76. The highest BCUT2D eigenvalue weighted by molar-refractivity contribution is 6.04. The van der Waals surface area contributed by atoms with Crippen molar-refractivity contribution in [3.63, 3.8) is 0 Å². The Morgan fingerprint density at radius 2 is 1.66 bits per heavy atom. The molecule has 1 aromatic heterocycles. The molecule has 1 unspecified atom stereocenters. The van der Waals surface area contributed by atoms with Crippen LogP contribution in [0.2, 0.25) is 0 Å². The highest BCUT2D eigenvalue weighted by Gasteiger charge is 2.20. The molecule has 0 spiro atoms. The van der Waals surface area contributed by atoms with Gasteiger partial charge in [-0.2, -0.15) is 5.10 Å². The highest BCUT2D eigenvalue weighted by atomic mass is 16.5. The summed E-state index contributed by atoms with van der Waals surface area (Å²) in [7, 11) is 0. The number of rotatable bonds is 9. The van der Waals surface area contributed by atoms with E-state index in [2.05, 4.69) is 10.4 Å². The Kier molecular flexibility index (Phi) is 7.51. The lowest BCUT2D eigenvalue weighted by atomic mass is 10.1. The Balaban J connectivity index is 1.94. The number of fused-ring (bicyclic) bond motifs is 1. The summed E-state index contributed by atoms with van der Waals surface area (Å²) in [6, 6.07) is 12.4. The molecule has 2 aromatic carbocycles. The number of amides is 1. The zero-order valence-electron chi connectivity index (χ0n) is 19.3. The normalized spacial score (nSPS) is 12.1. The summed E-state index contributed by atoms with van der Waals surface area (Å²) in [6.07, 6.45) is 0. The van der Waals surface area contributed by atoms with Gasteiger partial charge in [0.2, 0.25) is 0 Å². The van der Waals surface area contributed by atoms with Crippen LogP contribution in [0.3, 0.4) is 0 Å². The molecule has 1 N–H and O–H groups in total. The van der Waals surface area contributed by atoms with Crippen LogP contribution in [0, 0.1) is 5.92 Å². The maximum Gasteiger partial charge on any atom is 0.274 e. The van der Waals surface area contributed by atoms with Gasteiger partial charge in [-0.3, -0.25) is 9.59 Å². The van der Waals surface area contributed by atoms with E-state index in [4.69, 9.17) is 9.47 Å². The molecule has 1 atom stereocenters. The lowest BCUT2D eigenvalue weighted by molar-refractivity contribution is 0.0934. The van der Waals surface area contributed by atoms with Crippen LogP contribution in [0.5, 0.6) is 11.5 Å². The minimum Gasteiger partial charge on any atom is -0.490 e. The summed E-state index contributed by atoms with van der Waals surface area (Å²) >= 11 is 0. The number of hydrogen-bond donors (Lipinski definition) is 1. The molecule has 0 bridgehead atoms. The minimum absolute atomic E-state index is 0.188. The minimum atomic E-state index is -0.335. The van der Waals surface area contributed by atoms with E-state index in [1.54, 1.807) is 24.3 Å². The van der Waals surface area contributed by atoms with Crippen LogP contribution >= 0.6 is 0 Å². The van der Waals surface area contributed by atoms with E-state index in [-0.39, 0.29) is 29.1 Å². The number of hydrogen-bond acceptors (Lipinski definition) is 5. The van der Waals surface area contributed by atoms with Gasteiger partial charge in [0.15, 0.2) is 17.2 Å². The fourth-order valence-electron chi connectivity index (χ4n) is 3.56. The summed E-state index contributed by atoms with van der Waals surface area (Å²) in [5.74, 6) is 1.20. The Labute approximate surface area is 188 Å². The molecular formula is C25H31N3O4. The number of nitrogens with one attached hydrogen (secondary N) is 1. The van der Waals surface area contributed by atoms with Crippen LogP contribution in [-0.4, -0.2) is 28.9 Å². The molecule has 3 rings (SSSR count). The van der Waals surface area contributed by atoms with Crippen molar-refractivity contribution in [2.75, 3.05) is 13.2 Å². The lowest BCUT2D eigenvalue weighted by Gasteiger charge is -2.18. The van der Waals surface area contributed by atoms with E-state index >= 15 is 0 Å². The second-order valence-electron chi connectivity index (χ2n) is 8.04. The first-order chi connectivity index (χ1) is 15.3. The first-order valence-corrected chi connectivity index (χ1v) is 11.1. The third kappa shape index (κ3) is 5.10. The quantitative estimate of drug-likeness (QED) is 0.538. The maximum absolute atomic E-state index is 13.2. The summed E-state index contributed by atoms with van der Waals surface area (Å²) < 4.78 is 12.7. The molecule has 3 aromatic rings. The first-order valence-electron chi connectivity index (χ1n) is 11.1. The van der Waals surface area contributed by atoms with E-state index in [9.17, 15) is 9.59 Å². The van der Waals surface area contributed by atoms with E-state index in [0.29, 0.717) is 42.0 Å². The summed E-state index contributed by atoms with van der Waals surface area (Å²) in [4.78, 5) is 26.0. The Bertz CT molecular complexity index is 1150. The van der Waals surface area contributed by atoms with Crippen molar-refractivity contribution >= 4 is 16.7 Å². The molecule has 0 aliphatic carbocycles. The van der Waals surface area contributed by atoms with Crippen molar-refractivity contribution in [2.24, 2.45) is 5.92 Å². The van der Waals surface area contributed by atoms with Crippen molar-refractivity contribution in [1.82, 2.24) is 15.1 Å². The SMILES string of the molecule is CCOc1ccc(C(C)NC(=O)c2nn(CC(C)C)c(=O)c3ccccc23)cc1OCC. The average molecular weight is 438 g/mol. The first kappa shape index (κ1) is 23.3. The molecular weight excluding hydrogens is 406 g/mol. The highest BCUT2D eigenvalue weighted by Crippen LogP contribution is 2.31. The third-order valence-electron chi connectivity index (χ3n) is 5.04. The molecule has 0 saturated heterocycles. The van der Waals surface area contributed by atoms with Crippen molar-refractivity contribution in [3.8, 4) is 11.5 Å². The van der Waals surface area contributed by atoms with E-state index in [1.165, 1.54) is 4.68 Å². The predicted octanol–water partition coefficient (Wildman–Crippen LogP) is 4.34. The fraction of sp³-hybridized carbons (Fsp3) is 0.400. The van der Waals surface area contributed by atoms with Crippen molar-refractivity contribution < 1.29 is 14.3 Å². The smallest absolute Gasteiger partial charge is 0.274 e. The van der Waals surface area contributed by atoms with Gasteiger partial charge in [-0.05, 0) is 50.5 Å². The Morgan fingerprint density at radius 1 is 1.00 bits per heavy atom. The van der Waals surface area contributed by atoms with Gasteiger partial charge in [0.05, 0.1) is 24.6 Å². The number of carbonyl (C=O) groups is 1. The molecule has 170 valence electrons. The molecule has 1 heterocycles. The molecule has 0 aliphatic heterocycles. The van der Waals surface area contributed by atoms with E-state index in [1.807, 2.05) is 52.8 Å². The zero-order chi connectivity index (χ0) is 23.3. The van der Waals surface area contributed by atoms with Crippen LogP contribution in [-0.2, 0) is 6.54 Å². The molecule has 1 amide bonds. The molecule has 0 radical (unpaired) electrons. The second kappa shape index (κ2) is 10.3. The van der Waals surface area contributed by atoms with Gasteiger partial charge >= 0.3 is 0 Å². The summed E-state index contributed by atoms with van der Waals surface area (Å²) in [5.41, 5.74) is 0.931. The van der Waals surface area contributed by atoms with Crippen LogP contribution in [0.15, 0.2) is 47.3 Å². The van der Waals surface area contributed by atoms with Crippen LogP contribution in [0.4, 0.5) is 0 Å². The topological polar surface area (TPSA) is 82.5 Å². The number of nitrogens with zero attached hydrogens (tertiary/aromatic N) is 2. The Morgan fingerprint density at radius 3 is 2.31 bits per heavy atom. The fourth-order valence-corrected chi connectivity index (χ4v) is 3.56. The molecule has 0 aliphatic rings. The van der Waals surface area contributed by atoms with E-state index in [0.717, 1.165) is 5.56 Å². The third-order valence-corrected chi connectivity index (χ3v) is 5.04. The maximum atomic E-state index is 13.2. The molecule has 7 nitrogen and oxygen atoms in total. The zero-order valence-corrected chi connectivity index (χ0v) is 19.3. The van der Waals surface area contributed by atoms with Gasteiger partial charge in [-0.15, -0.1) is 0 Å². The van der Waals surface area contributed by atoms with Gasteiger partial charge in [0.1, 0.15) is 0 Å². The van der Waals surface area contributed by atoms with Gasteiger partial charge in [0.25, 0.3) is 11.5 Å². The van der Waals surface area contributed by atoms with Gasteiger partial charge in [-0.1, -0.05) is 38.1 Å². The number of ether oxygens (including phenoxy) is 2. The molecule has 7 heteroatoms. The standard InChI is InChI=1S/C25H31N3O4/c1-6-31-21-13-12-18(14-22(21)32-7-2)17(5)26-24(29)23-19-10-8-9-11-20(19)25(30)28(27-23)15-16(3)4/h8-14,16-17H,6-7,15H2,1-5H3,(H,26,29). The van der Waals surface area contributed by atoms with Gasteiger partial charge < -0.3 is 14.8 Å². The summed E-state index contributed by atoms with van der Waals surface area (Å²) in [6.45, 7) is 11.2. The second-order valence-corrected chi connectivity index (χ2v) is 8.04. The van der Waals surface area contributed by atoms with Crippen LogP contribution < -0.4 is 20.3 Å². The van der Waals surface area contributed by atoms with Crippen molar-refractivity contribution in [2.45, 2.75) is 47.2 Å². The summed E-state index contributed by atoms with van der Waals surface area (Å²) in [5, 5.41) is 8.46. The van der Waals surface area contributed by atoms with Gasteiger partial charge in [0, 0.05) is 11.9 Å². The number of aromatic nitrogens is 2. The molecule has 0 fully saturated rings. The largest absolute Gasteiger partial charge is 0.490 e. The molecule has 0 saturated carbocycles. The van der Waals surface area contributed by atoms with E-state index < -0.39 is 0 Å². The monoisotopic (exact) mass is 437 g/mol. The lowest BCUT2D eigenvalue weighted by Crippen LogP contribution is -2.32. The number of carbonyl (C=O) groups excluding carboxylic acids is 1. The van der Waals surface area contributed by atoms with Crippen LogP contribution in [0.25, 0.3) is 10.8 Å². The van der Waals surface area contributed by atoms with Crippen LogP contribution in [0.1, 0.15) is 56.7 Å². The molecule has 32 heavy (non-hydrogen) atoms.